The molecule has 0 saturated carbocycles. The van der Waals surface area contributed by atoms with Gasteiger partial charge in [-0.05, 0) is 45.8 Å². The zero-order chi connectivity index (χ0) is 26.2. The Morgan fingerprint density at radius 2 is 0.585 bits per heavy atom. The molecule has 3 aromatic heterocycles. The Bertz CT molecular complexity index is 2020. The van der Waals surface area contributed by atoms with E-state index in [4.69, 9.17) is 19.9 Å². The molecular weight excluding hydrogens is 539 g/mol. The maximum atomic E-state index is 5.13. The molecule has 0 spiro atoms. The minimum Gasteiger partial charge on any atom is -0.657 e. The number of nitrogens with zero attached hydrogens (tertiary/aromatic N) is 4. The van der Waals surface area contributed by atoms with E-state index in [1.54, 1.807) is 0 Å². The molecule has 41 heavy (non-hydrogen) atoms. The predicted octanol–water partition coefficient (Wildman–Crippen LogP) is 8.54. The Morgan fingerprint density at radius 1 is 0.341 bits per heavy atom. The minimum atomic E-state index is 0. The van der Waals surface area contributed by atoms with Crippen LogP contribution < -0.4 is 9.97 Å². The average Bonchev–Trinajstić information content (AvgIpc) is 3.73. The van der Waals surface area contributed by atoms with Crippen molar-refractivity contribution in [2.24, 2.45) is 0 Å². The molecule has 189 valence electrons. The Balaban J connectivity index is 0.00000256. The third-order valence-electron chi connectivity index (χ3n) is 7.97. The van der Waals surface area contributed by atoms with Gasteiger partial charge >= 0.3 is 18.6 Å². The molecule has 4 aromatic carbocycles. The third kappa shape index (κ3) is 3.62. The van der Waals surface area contributed by atoms with Crippen molar-refractivity contribution in [3.8, 4) is 45.0 Å². The van der Waals surface area contributed by atoms with Crippen molar-refractivity contribution in [1.29, 1.82) is 0 Å². The van der Waals surface area contributed by atoms with Crippen LogP contribution in [0.5, 0.6) is 0 Å². The molecule has 7 aromatic rings. The van der Waals surface area contributed by atoms with Crippen LogP contribution in [0.2, 0.25) is 0 Å². The van der Waals surface area contributed by atoms with E-state index in [1.165, 1.54) is 0 Å². The summed E-state index contributed by atoms with van der Waals surface area (Å²) in [6.07, 6.45) is 0. The van der Waals surface area contributed by atoms with Crippen molar-refractivity contribution >= 4 is 43.6 Å². The zero-order valence-electron chi connectivity index (χ0n) is 21.8. The van der Waals surface area contributed by atoms with E-state index < -0.39 is 0 Å². The number of hydrogen-bond donors (Lipinski definition) is 0. The number of fused-ring (bicyclic) bond motifs is 20. The molecule has 5 heteroatoms. The van der Waals surface area contributed by atoms with Gasteiger partial charge in [-0.3, -0.25) is 0 Å². The standard InChI is InChI=1S/C36H20N4.V/c1-2-10-22-21(9-1)29-17-31-23-11-3-4-12-24(23)33(38-31)19-35-27-15-7-8-16-28(27)36(40-35)20-34-26-14-6-5-13-25(26)32(39-34)18-30(22)37-29;/h1-20H;/q-2;+2. The molecule has 2 aliphatic heterocycles. The summed E-state index contributed by atoms with van der Waals surface area (Å²) < 4.78 is 0. The van der Waals surface area contributed by atoms with Gasteiger partial charge in [0, 0.05) is 22.3 Å². The van der Waals surface area contributed by atoms with Gasteiger partial charge in [0.2, 0.25) is 0 Å². The first-order valence-electron chi connectivity index (χ1n) is 13.4. The number of benzene rings is 4. The van der Waals surface area contributed by atoms with E-state index in [1.807, 2.05) is 0 Å². The fourth-order valence-electron chi connectivity index (χ4n) is 6.12. The number of rotatable bonds is 0. The molecule has 5 heterocycles. The minimum absolute atomic E-state index is 0. The summed E-state index contributed by atoms with van der Waals surface area (Å²) >= 11 is 0. The van der Waals surface area contributed by atoms with Crippen LogP contribution in [-0.4, -0.2) is 9.97 Å². The fraction of sp³-hybridized carbons (Fsp3) is 0. The second-order valence-corrected chi connectivity index (χ2v) is 10.3. The van der Waals surface area contributed by atoms with Gasteiger partial charge in [0.25, 0.3) is 0 Å². The van der Waals surface area contributed by atoms with E-state index in [2.05, 4.69) is 121 Å². The van der Waals surface area contributed by atoms with Crippen molar-refractivity contribution in [3.05, 3.63) is 121 Å². The van der Waals surface area contributed by atoms with Gasteiger partial charge in [0.15, 0.2) is 0 Å². The molecule has 0 saturated heterocycles. The van der Waals surface area contributed by atoms with Crippen LogP contribution in [-0.2, 0) is 18.6 Å². The van der Waals surface area contributed by atoms with Gasteiger partial charge in [-0.15, -0.1) is 22.1 Å². The molecule has 2 aliphatic rings. The first-order chi connectivity index (χ1) is 19.8. The van der Waals surface area contributed by atoms with Crippen LogP contribution >= 0.6 is 0 Å². The molecule has 0 unspecified atom stereocenters. The first-order valence-corrected chi connectivity index (χ1v) is 13.4. The SMILES string of the molecule is [V+2].c1ccc2c(c1)-c1cc3[n-]c(cc4nc(cc5[n-]c(cc-2n1)c1ccccc51)-c1ccccc1-4)c1ccccc31. The summed E-state index contributed by atoms with van der Waals surface area (Å²) in [4.78, 5) is 20.5. The summed E-state index contributed by atoms with van der Waals surface area (Å²) in [5, 5.41) is 4.41. The van der Waals surface area contributed by atoms with Crippen LogP contribution in [0.1, 0.15) is 0 Å². The molecule has 8 bridgehead atoms. The Kier molecular flexibility index (Phi) is 5.30. The summed E-state index contributed by atoms with van der Waals surface area (Å²) in [5.74, 6) is 0. The quantitative estimate of drug-likeness (QED) is 0.187. The van der Waals surface area contributed by atoms with Crippen molar-refractivity contribution in [2.45, 2.75) is 0 Å². The second kappa shape index (κ2) is 9.07. The van der Waals surface area contributed by atoms with E-state index in [-0.39, 0.29) is 18.6 Å². The van der Waals surface area contributed by atoms with Crippen LogP contribution in [0.25, 0.3) is 88.6 Å². The van der Waals surface area contributed by atoms with Crippen molar-refractivity contribution in [3.63, 3.8) is 0 Å². The van der Waals surface area contributed by atoms with Crippen LogP contribution in [0.15, 0.2) is 121 Å². The molecule has 9 rings (SSSR count). The molecule has 0 aliphatic carbocycles. The molecular formula is C36H20N4V. The van der Waals surface area contributed by atoms with E-state index >= 15 is 0 Å². The Labute approximate surface area is 247 Å². The molecule has 0 fully saturated rings. The summed E-state index contributed by atoms with van der Waals surface area (Å²) in [6, 6.07) is 42.1. The zero-order valence-corrected chi connectivity index (χ0v) is 23.2. The van der Waals surface area contributed by atoms with Crippen molar-refractivity contribution in [1.82, 2.24) is 19.9 Å². The molecule has 1 radical (unpaired) electrons. The van der Waals surface area contributed by atoms with E-state index in [0.29, 0.717) is 0 Å². The van der Waals surface area contributed by atoms with Crippen LogP contribution in [0.4, 0.5) is 0 Å². The third-order valence-corrected chi connectivity index (χ3v) is 7.97. The number of hydrogen-bond acceptors (Lipinski definition) is 2. The summed E-state index contributed by atoms with van der Waals surface area (Å²) in [5.41, 5.74) is 11.7. The Morgan fingerprint density at radius 3 is 0.854 bits per heavy atom. The van der Waals surface area contributed by atoms with Gasteiger partial charge < -0.3 is 9.97 Å². The van der Waals surface area contributed by atoms with Crippen LogP contribution in [0, 0.1) is 0 Å². The number of aromatic nitrogens is 4. The fourth-order valence-corrected chi connectivity index (χ4v) is 6.12. The van der Waals surface area contributed by atoms with Crippen LogP contribution in [0.3, 0.4) is 0 Å². The van der Waals surface area contributed by atoms with E-state index in [0.717, 1.165) is 88.6 Å². The smallest absolute Gasteiger partial charge is 0.657 e. The maximum absolute atomic E-state index is 5.13. The van der Waals surface area contributed by atoms with Gasteiger partial charge in [0.05, 0.1) is 22.8 Å². The molecule has 0 atom stereocenters. The predicted molar refractivity (Wildman–Crippen MR) is 163 cm³/mol. The van der Waals surface area contributed by atoms with Crippen molar-refractivity contribution < 1.29 is 18.6 Å². The largest absolute Gasteiger partial charge is 2.00 e. The summed E-state index contributed by atoms with van der Waals surface area (Å²) in [6.45, 7) is 0. The second-order valence-electron chi connectivity index (χ2n) is 10.3. The molecule has 0 amide bonds. The van der Waals surface area contributed by atoms with E-state index in [9.17, 15) is 0 Å². The van der Waals surface area contributed by atoms with Crippen molar-refractivity contribution in [2.75, 3.05) is 0 Å². The van der Waals surface area contributed by atoms with Gasteiger partial charge in [-0.25, -0.2) is 9.97 Å². The monoisotopic (exact) mass is 559 g/mol. The molecule has 0 N–H and O–H groups in total. The van der Waals surface area contributed by atoms with Gasteiger partial charge in [0.1, 0.15) is 0 Å². The summed E-state index contributed by atoms with van der Waals surface area (Å²) in [7, 11) is 0. The van der Waals surface area contributed by atoms with Gasteiger partial charge in [-0.1, -0.05) is 97.1 Å². The topological polar surface area (TPSA) is 54.0 Å². The Hall–Kier alpha value is -4.90. The normalized spacial score (nSPS) is 11.7. The average molecular weight is 560 g/mol. The maximum Gasteiger partial charge on any atom is 2.00 e. The van der Waals surface area contributed by atoms with Gasteiger partial charge in [-0.2, -0.15) is 0 Å². The first kappa shape index (κ1) is 23.9. The molecule has 4 nitrogen and oxygen atoms in total.